The summed E-state index contributed by atoms with van der Waals surface area (Å²) in [6.45, 7) is 1.75. The Balaban J connectivity index is 2.06. The van der Waals surface area contributed by atoms with E-state index in [2.05, 4.69) is 9.98 Å². The molecule has 0 aromatic heterocycles. The Labute approximate surface area is 130 Å². The summed E-state index contributed by atoms with van der Waals surface area (Å²) in [5.41, 5.74) is 13.4. The van der Waals surface area contributed by atoms with E-state index in [0.717, 1.165) is 36.9 Å². The highest BCUT2D eigenvalue weighted by Gasteiger charge is 2.42. The van der Waals surface area contributed by atoms with Crippen LogP contribution in [0.15, 0.2) is 34.3 Å². The minimum Gasteiger partial charge on any atom is -0.389 e. The summed E-state index contributed by atoms with van der Waals surface area (Å²) in [6.07, 6.45) is 4.67. The number of rotatable bonds is 2. The van der Waals surface area contributed by atoms with Crippen LogP contribution in [0.5, 0.6) is 0 Å². The van der Waals surface area contributed by atoms with Crippen molar-refractivity contribution >= 4 is 17.6 Å². The van der Waals surface area contributed by atoms with Gasteiger partial charge in [-0.2, -0.15) is 4.99 Å². The average Bonchev–Trinajstić information content (AvgIpc) is 2.47. The quantitative estimate of drug-likeness (QED) is 0.776. The van der Waals surface area contributed by atoms with Crippen LogP contribution >= 0.6 is 0 Å². The van der Waals surface area contributed by atoms with Gasteiger partial charge < -0.3 is 16.6 Å². The molecule has 1 aliphatic carbocycles. The highest BCUT2D eigenvalue weighted by Crippen LogP contribution is 2.39. The smallest absolute Gasteiger partial charge is 0.220 e. The van der Waals surface area contributed by atoms with Crippen LogP contribution in [-0.4, -0.2) is 22.7 Å². The Bertz CT molecular complexity index is 617. The number of aliphatic hydroxyl groups is 1. The van der Waals surface area contributed by atoms with Gasteiger partial charge >= 0.3 is 0 Å². The van der Waals surface area contributed by atoms with E-state index in [9.17, 15) is 5.11 Å². The van der Waals surface area contributed by atoms with Gasteiger partial charge in [-0.05, 0) is 50.3 Å². The first kappa shape index (κ1) is 14.8. The molecular formula is C16H23N5O. The first-order valence-corrected chi connectivity index (χ1v) is 7.80. The third-order valence-electron chi connectivity index (χ3n) is 4.46. The summed E-state index contributed by atoms with van der Waals surface area (Å²) >= 11 is 0. The van der Waals surface area contributed by atoms with Crippen molar-refractivity contribution in [2.45, 2.75) is 50.8 Å². The zero-order chi connectivity index (χ0) is 15.7. The van der Waals surface area contributed by atoms with Crippen LogP contribution in [0, 0.1) is 0 Å². The van der Waals surface area contributed by atoms with Gasteiger partial charge in [0.05, 0.1) is 6.10 Å². The van der Waals surface area contributed by atoms with Gasteiger partial charge in [0.2, 0.25) is 11.9 Å². The summed E-state index contributed by atoms with van der Waals surface area (Å²) in [7, 11) is 0. The van der Waals surface area contributed by atoms with E-state index in [1.807, 2.05) is 29.2 Å². The fraction of sp³-hybridized carbons (Fsp3) is 0.500. The van der Waals surface area contributed by atoms with Crippen molar-refractivity contribution < 1.29 is 5.11 Å². The van der Waals surface area contributed by atoms with E-state index in [1.165, 1.54) is 6.42 Å². The molecule has 6 nitrogen and oxygen atoms in total. The molecule has 118 valence electrons. The first-order valence-electron chi connectivity index (χ1n) is 7.80. The molecule has 1 aromatic rings. The van der Waals surface area contributed by atoms with E-state index in [1.54, 1.807) is 6.92 Å². The topological polar surface area (TPSA) is 100 Å². The average molecular weight is 301 g/mol. The number of benzene rings is 1. The molecule has 1 unspecified atom stereocenters. The normalized spacial score (nSPS) is 22.2. The third kappa shape index (κ3) is 2.54. The van der Waals surface area contributed by atoms with E-state index in [0.29, 0.717) is 5.96 Å². The molecule has 1 aliphatic heterocycles. The molecule has 0 amide bonds. The van der Waals surface area contributed by atoms with Crippen LogP contribution in [-0.2, 0) is 0 Å². The van der Waals surface area contributed by atoms with E-state index in [4.69, 9.17) is 11.5 Å². The van der Waals surface area contributed by atoms with E-state index < -0.39 is 11.8 Å². The number of hydrogen-bond donors (Lipinski definition) is 3. The number of aliphatic imine (C=N–C) groups is 2. The molecule has 0 radical (unpaired) electrons. The molecule has 0 bridgehead atoms. The molecule has 22 heavy (non-hydrogen) atoms. The van der Waals surface area contributed by atoms with Crippen molar-refractivity contribution in [3.05, 3.63) is 29.8 Å². The lowest BCUT2D eigenvalue weighted by molar-refractivity contribution is 0.199. The molecule has 5 N–H and O–H groups in total. The highest BCUT2D eigenvalue weighted by molar-refractivity contribution is 6.05. The van der Waals surface area contributed by atoms with Gasteiger partial charge in [0.1, 0.15) is 5.66 Å². The Kier molecular flexibility index (Phi) is 3.78. The predicted molar refractivity (Wildman–Crippen MR) is 88.6 cm³/mol. The molecule has 2 aliphatic rings. The standard InChI is InChI=1S/C16H23N5O/c1-11(22)12-6-5-7-13(10-12)21-15(18)19-14(17)20-16(21)8-3-2-4-9-16/h5-7,10-11,22H,2-4,8-9H2,1H3,(H4,17,18,19,20). The maximum Gasteiger partial charge on any atom is 0.220 e. The molecule has 1 saturated carbocycles. The van der Waals surface area contributed by atoms with Gasteiger partial charge in [-0.1, -0.05) is 18.6 Å². The van der Waals surface area contributed by atoms with Gasteiger partial charge in [0.15, 0.2) is 0 Å². The van der Waals surface area contributed by atoms with Crippen molar-refractivity contribution in [1.29, 1.82) is 0 Å². The summed E-state index contributed by atoms with van der Waals surface area (Å²) in [5, 5.41) is 9.83. The Morgan fingerprint density at radius 3 is 2.64 bits per heavy atom. The van der Waals surface area contributed by atoms with Gasteiger partial charge in [0, 0.05) is 5.69 Å². The third-order valence-corrected chi connectivity index (χ3v) is 4.46. The van der Waals surface area contributed by atoms with Gasteiger partial charge in [-0.3, -0.25) is 4.90 Å². The summed E-state index contributed by atoms with van der Waals surface area (Å²) in [6, 6.07) is 7.74. The first-order chi connectivity index (χ1) is 10.5. The Morgan fingerprint density at radius 1 is 1.23 bits per heavy atom. The maximum atomic E-state index is 9.83. The molecule has 1 aromatic carbocycles. The summed E-state index contributed by atoms with van der Waals surface area (Å²) < 4.78 is 0. The monoisotopic (exact) mass is 301 g/mol. The van der Waals surface area contributed by atoms with E-state index in [-0.39, 0.29) is 5.96 Å². The molecule has 1 fully saturated rings. The second-order valence-electron chi connectivity index (χ2n) is 6.09. The Hall–Kier alpha value is -2.08. The number of nitrogens with zero attached hydrogens (tertiary/aromatic N) is 3. The summed E-state index contributed by atoms with van der Waals surface area (Å²) in [4.78, 5) is 10.8. The fourth-order valence-corrected chi connectivity index (χ4v) is 3.42. The van der Waals surface area contributed by atoms with E-state index >= 15 is 0 Å². The lowest BCUT2D eigenvalue weighted by Crippen LogP contribution is -2.58. The fourth-order valence-electron chi connectivity index (χ4n) is 3.42. The molecule has 6 heteroatoms. The molecule has 1 atom stereocenters. The molecule has 3 rings (SSSR count). The minimum atomic E-state index is -0.529. The Morgan fingerprint density at radius 2 is 1.95 bits per heavy atom. The highest BCUT2D eigenvalue weighted by atomic mass is 16.3. The second-order valence-corrected chi connectivity index (χ2v) is 6.09. The van der Waals surface area contributed by atoms with Crippen molar-refractivity contribution in [3.8, 4) is 0 Å². The molecular weight excluding hydrogens is 278 g/mol. The van der Waals surface area contributed by atoms with Crippen LogP contribution in [0.25, 0.3) is 0 Å². The minimum absolute atomic E-state index is 0.252. The maximum absolute atomic E-state index is 9.83. The van der Waals surface area contributed by atoms with Crippen molar-refractivity contribution in [3.63, 3.8) is 0 Å². The van der Waals surface area contributed by atoms with Gasteiger partial charge in [-0.15, -0.1) is 0 Å². The lowest BCUT2D eigenvalue weighted by atomic mass is 9.87. The van der Waals surface area contributed by atoms with Crippen LogP contribution in [0.3, 0.4) is 0 Å². The number of hydrogen-bond acceptors (Lipinski definition) is 6. The van der Waals surface area contributed by atoms with Crippen LogP contribution in [0.2, 0.25) is 0 Å². The number of nitrogens with two attached hydrogens (primary N) is 2. The number of anilines is 1. The molecule has 1 spiro atoms. The van der Waals surface area contributed by atoms with Crippen molar-refractivity contribution in [2.75, 3.05) is 4.90 Å². The zero-order valence-electron chi connectivity index (χ0n) is 12.9. The van der Waals surface area contributed by atoms with Crippen molar-refractivity contribution in [1.82, 2.24) is 0 Å². The van der Waals surface area contributed by atoms with Crippen LogP contribution < -0.4 is 16.4 Å². The summed E-state index contributed by atoms with van der Waals surface area (Å²) in [5.74, 6) is 0.625. The lowest BCUT2D eigenvalue weighted by Gasteiger charge is -2.45. The molecule has 1 heterocycles. The number of guanidine groups is 2. The largest absolute Gasteiger partial charge is 0.389 e. The zero-order valence-corrected chi connectivity index (χ0v) is 12.9. The van der Waals surface area contributed by atoms with Gasteiger partial charge in [-0.25, -0.2) is 4.99 Å². The predicted octanol–water partition coefficient (Wildman–Crippen LogP) is 1.85. The second kappa shape index (κ2) is 5.61. The number of aliphatic hydroxyl groups excluding tert-OH is 1. The van der Waals surface area contributed by atoms with Crippen molar-refractivity contribution in [2.24, 2.45) is 21.5 Å². The van der Waals surface area contributed by atoms with Crippen LogP contribution in [0.4, 0.5) is 5.69 Å². The van der Waals surface area contributed by atoms with Gasteiger partial charge in [0.25, 0.3) is 0 Å². The SMILES string of the molecule is CC(O)c1cccc(N2C(N)=NC(N)=NC23CCCCC3)c1. The van der Waals surface area contributed by atoms with Crippen LogP contribution in [0.1, 0.15) is 50.7 Å². The molecule has 0 saturated heterocycles.